The Hall–Kier alpha value is -1.63. The summed E-state index contributed by atoms with van der Waals surface area (Å²) in [6, 6.07) is 0. The third-order valence-corrected chi connectivity index (χ3v) is 2.75. The minimum Gasteiger partial charge on any atom is -0.481 e. The van der Waals surface area contributed by atoms with E-state index in [0.29, 0.717) is 0 Å². The average Bonchev–Trinajstić information content (AvgIpc) is 2.16. The molecular formula is C9H14O7. The maximum absolute atomic E-state index is 10.7. The van der Waals surface area contributed by atoms with E-state index in [1.165, 1.54) is 0 Å². The van der Waals surface area contributed by atoms with Crippen molar-refractivity contribution in [3.05, 3.63) is 0 Å². The lowest BCUT2D eigenvalue weighted by Crippen LogP contribution is -2.34. The van der Waals surface area contributed by atoms with Crippen molar-refractivity contribution in [1.82, 2.24) is 0 Å². The van der Waals surface area contributed by atoms with E-state index in [-0.39, 0.29) is 24.7 Å². The highest BCUT2D eigenvalue weighted by Crippen LogP contribution is 2.33. The molecule has 7 heteroatoms. The number of carboxylic acid groups (broad SMARTS) is 3. The quantitative estimate of drug-likeness (QED) is 0.597. The van der Waals surface area contributed by atoms with Crippen LogP contribution in [0.5, 0.6) is 0 Å². The normalized spacial score (nSPS) is 28.9. The van der Waals surface area contributed by atoms with Gasteiger partial charge in [0.15, 0.2) is 0 Å². The fraction of sp³-hybridized carbons (Fsp3) is 0.667. The molecule has 1 rings (SSSR count). The summed E-state index contributed by atoms with van der Waals surface area (Å²) in [4.78, 5) is 32.1. The van der Waals surface area contributed by atoms with Gasteiger partial charge in [0.05, 0.1) is 17.8 Å². The first kappa shape index (κ1) is 14.4. The largest absolute Gasteiger partial charge is 0.481 e. The first-order chi connectivity index (χ1) is 6.91. The van der Waals surface area contributed by atoms with Crippen LogP contribution >= 0.6 is 0 Å². The van der Waals surface area contributed by atoms with Crippen molar-refractivity contribution in [1.29, 1.82) is 0 Å². The molecule has 1 saturated carbocycles. The van der Waals surface area contributed by atoms with Crippen LogP contribution in [-0.4, -0.2) is 38.7 Å². The zero-order valence-corrected chi connectivity index (χ0v) is 8.42. The van der Waals surface area contributed by atoms with Crippen molar-refractivity contribution in [2.24, 2.45) is 17.8 Å². The Kier molecular flexibility index (Phi) is 4.90. The number of rotatable bonds is 3. The molecule has 0 spiro atoms. The molecule has 1 aliphatic carbocycles. The van der Waals surface area contributed by atoms with Gasteiger partial charge in [-0.25, -0.2) is 0 Å². The minimum atomic E-state index is -1.12. The van der Waals surface area contributed by atoms with E-state index in [0.717, 1.165) is 0 Å². The van der Waals surface area contributed by atoms with Crippen molar-refractivity contribution in [2.75, 3.05) is 0 Å². The summed E-state index contributed by atoms with van der Waals surface area (Å²) in [6.07, 6.45) is 0.0668. The number of aliphatic carboxylic acids is 3. The Morgan fingerprint density at radius 1 is 0.688 bits per heavy atom. The van der Waals surface area contributed by atoms with Crippen molar-refractivity contribution in [2.45, 2.75) is 19.3 Å². The van der Waals surface area contributed by atoms with Gasteiger partial charge in [0.2, 0.25) is 0 Å². The van der Waals surface area contributed by atoms with Crippen molar-refractivity contribution in [3.63, 3.8) is 0 Å². The highest BCUT2D eigenvalue weighted by Gasteiger charge is 2.38. The molecule has 1 aliphatic rings. The van der Waals surface area contributed by atoms with Crippen LogP contribution in [0.15, 0.2) is 0 Å². The van der Waals surface area contributed by atoms with Crippen molar-refractivity contribution >= 4 is 17.9 Å². The predicted molar refractivity (Wildman–Crippen MR) is 50.8 cm³/mol. The van der Waals surface area contributed by atoms with E-state index in [1.54, 1.807) is 0 Å². The van der Waals surface area contributed by atoms with Crippen LogP contribution in [0.4, 0.5) is 0 Å². The van der Waals surface area contributed by atoms with Gasteiger partial charge in [-0.05, 0) is 19.3 Å². The number of carboxylic acids is 3. The Morgan fingerprint density at radius 2 is 0.875 bits per heavy atom. The summed E-state index contributed by atoms with van der Waals surface area (Å²) in [5.41, 5.74) is 0. The Bertz CT molecular complexity index is 245. The summed E-state index contributed by atoms with van der Waals surface area (Å²) in [6.45, 7) is 0. The summed E-state index contributed by atoms with van der Waals surface area (Å²) in [7, 11) is 0. The van der Waals surface area contributed by atoms with Gasteiger partial charge in [0.1, 0.15) is 0 Å². The van der Waals surface area contributed by atoms with Gasteiger partial charge < -0.3 is 20.8 Å². The second-order valence-corrected chi connectivity index (χ2v) is 3.81. The maximum Gasteiger partial charge on any atom is 0.306 e. The van der Waals surface area contributed by atoms with Crippen LogP contribution in [0.3, 0.4) is 0 Å². The molecule has 0 aromatic carbocycles. The van der Waals surface area contributed by atoms with E-state index in [1.807, 2.05) is 0 Å². The molecule has 0 bridgehead atoms. The number of carbonyl (C=O) groups is 3. The molecular weight excluding hydrogens is 220 g/mol. The van der Waals surface area contributed by atoms with E-state index in [9.17, 15) is 14.4 Å². The third-order valence-electron chi connectivity index (χ3n) is 2.75. The van der Waals surface area contributed by atoms with Crippen molar-refractivity contribution < 1.29 is 35.2 Å². The summed E-state index contributed by atoms with van der Waals surface area (Å²) in [5.74, 6) is -5.94. The molecule has 7 nitrogen and oxygen atoms in total. The van der Waals surface area contributed by atoms with E-state index >= 15 is 0 Å². The number of hydrogen-bond acceptors (Lipinski definition) is 3. The topological polar surface area (TPSA) is 143 Å². The molecule has 0 heterocycles. The van der Waals surface area contributed by atoms with Gasteiger partial charge in [-0.15, -0.1) is 0 Å². The highest BCUT2D eigenvalue weighted by atomic mass is 16.4. The van der Waals surface area contributed by atoms with Crippen LogP contribution in [-0.2, 0) is 14.4 Å². The second-order valence-electron chi connectivity index (χ2n) is 3.81. The lowest BCUT2D eigenvalue weighted by molar-refractivity contribution is -0.153. The first-order valence-corrected chi connectivity index (χ1v) is 4.60. The first-order valence-electron chi connectivity index (χ1n) is 4.60. The molecule has 0 radical (unpaired) electrons. The van der Waals surface area contributed by atoms with Crippen LogP contribution in [0.2, 0.25) is 0 Å². The molecule has 0 saturated heterocycles. The smallest absolute Gasteiger partial charge is 0.306 e. The monoisotopic (exact) mass is 234 g/mol. The van der Waals surface area contributed by atoms with Crippen LogP contribution in [0.1, 0.15) is 19.3 Å². The molecule has 0 unspecified atom stereocenters. The van der Waals surface area contributed by atoms with E-state index in [2.05, 4.69) is 0 Å². The predicted octanol–water partition coefficient (Wildman–Crippen LogP) is -0.552. The van der Waals surface area contributed by atoms with E-state index < -0.39 is 35.7 Å². The third kappa shape index (κ3) is 3.20. The van der Waals surface area contributed by atoms with E-state index in [4.69, 9.17) is 15.3 Å². The number of hydrogen-bond donors (Lipinski definition) is 3. The van der Waals surface area contributed by atoms with Gasteiger partial charge in [-0.3, -0.25) is 14.4 Å². The van der Waals surface area contributed by atoms with Gasteiger partial charge in [-0.2, -0.15) is 0 Å². The molecule has 0 aliphatic heterocycles. The van der Waals surface area contributed by atoms with Gasteiger partial charge in [0.25, 0.3) is 0 Å². The average molecular weight is 234 g/mol. The lowest BCUT2D eigenvalue weighted by atomic mass is 9.75. The zero-order valence-electron chi connectivity index (χ0n) is 8.42. The fourth-order valence-electron chi connectivity index (χ4n) is 1.92. The molecule has 0 aromatic heterocycles. The molecule has 92 valence electrons. The summed E-state index contributed by atoms with van der Waals surface area (Å²) in [5, 5.41) is 26.3. The fourth-order valence-corrected chi connectivity index (χ4v) is 1.92. The Morgan fingerprint density at radius 3 is 1.00 bits per heavy atom. The lowest BCUT2D eigenvalue weighted by Gasteiger charge is -2.28. The molecule has 1 fully saturated rings. The standard InChI is InChI=1S/C9H12O6.H2O/c10-7(11)4-1-5(8(12)13)3-6(2-4)9(14)15;/h4-6H,1-3H2,(H,10,11)(H,12,13)(H,14,15);1H2. The molecule has 5 N–H and O–H groups in total. The molecule has 16 heavy (non-hydrogen) atoms. The summed E-state index contributed by atoms with van der Waals surface area (Å²) < 4.78 is 0. The minimum absolute atomic E-state index is 0. The zero-order chi connectivity index (χ0) is 11.6. The molecule has 0 aromatic rings. The molecule has 0 atom stereocenters. The Balaban J connectivity index is 0.00000225. The summed E-state index contributed by atoms with van der Waals surface area (Å²) >= 11 is 0. The SMILES string of the molecule is O.O=C(O)C1CC(C(=O)O)CC(C(=O)O)C1. The van der Waals surface area contributed by atoms with Gasteiger partial charge in [0, 0.05) is 0 Å². The van der Waals surface area contributed by atoms with Crippen LogP contribution in [0, 0.1) is 17.8 Å². The molecule has 0 amide bonds. The Labute approximate surface area is 91.0 Å². The van der Waals surface area contributed by atoms with Gasteiger partial charge in [-0.1, -0.05) is 0 Å². The van der Waals surface area contributed by atoms with Crippen molar-refractivity contribution in [3.8, 4) is 0 Å². The van der Waals surface area contributed by atoms with Gasteiger partial charge >= 0.3 is 17.9 Å². The van der Waals surface area contributed by atoms with Crippen LogP contribution < -0.4 is 0 Å². The second kappa shape index (κ2) is 5.45. The maximum atomic E-state index is 10.7. The van der Waals surface area contributed by atoms with Crippen LogP contribution in [0.25, 0.3) is 0 Å². The highest BCUT2D eigenvalue weighted by molar-refractivity contribution is 5.78.